The van der Waals surface area contributed by atoms with Gasteiger partial charge in [-0.1, -0.05) is 44.2 Å². The number of hydrogen-bond donors (Lipinski definition) is 1. The monoisotopic (exact) mass is 427 g/mol. The Balaban J connectivity index is 1.90. The van der Waals surface area contributed by atoms with Crippen LogP contribution in [0.4, 0.5) is 0 Å². The van der Waals surface area contributed by atoms with Crippen LogP contribution in [-0.2, 0) is 10.0 Å². The molecule has 8 nitrogen and oxygen atoms in total. The molecule has 0 radical (unpaired) electrons. The first kappa shape index (κ1) is 20.0. The van der Waals surface area contributed by atoms with Crippen LogP contribution in [0.5, 0.6) is 11.6 Å². The summed E-state index contributed by atoms with van der Waals surface area (Å²) >= 11 is 0. The van der Waals surface area contributed by atoms with Crippen LogP contribution < -0.4 is 9.47 Å². The number of rotatable bonds is 6. The van der Waals surface area contributed by atoms with Gasteiger partial charge >= 0.3 is 0 Å². The van der Waals surface area contributed by atoms with Crippen LogP contribution in [-0.4, -0.2) is 35.9 Å². The fraction of sp³-hybridized carbons (Fsp3) is 0.238. The highest BCUT2D eigenvalue weighted by molar-refractivity contribution is 7.90. The number of nitrogens with one attached hydrogen (secondary N) is 1. The standard InChI is InChI=1S/C21H21N3O5S/c1-13(2)16-11-15(28-3)12-17-19(16)20(25)24(30(17,26)27)21(14-7-5-4-6-8-14)29-18-9-10-22-23-18/h4-13,21H,1-3H3,(H,22,23). The zero-order valence-electron chi connectivity index (χ0n) is 16.7. The Morgan fingerprint density at radius 2 is 1.83 bits per heavy atom. The number of H-pyrrole nitrogens is 1. The normalized spacial score (nSPS) is 15.9. The molecule has 1 aromatic heterocycles. The average Bonchev–Trinajstić information content (AvgIpc) is 3.31. The molecule has 1 aliphatic rings. The van der Waals surface area contributed by atoms with Crippen LogP contribution in [0.15, 0.2) is 59.6 Å². The van der Waals surface area contributed by atoms with Crippen LogP contribution in [0.1, 0.15) is 47.5 Å². The Morgan fingerprint density at radius 1 is 1.10 bits per heavy atom. The van der Waals surface area contributed by atoms with Gasteiger partial charge in [0.15, 0.2) is 0 Å². The van der Waals surface area contributed by atoms with Crippen molar-refractivity contribution < 1.29 is 22.7 Å². The maximum atomic E-state index is 13.5. The summed E-state index contributed by atoms with van der Waals surface area (Å²) in [4.78, 5) is 13.4. The number of fused-ring (bicyclic) bond motifs is 1. The van der Waals surface area contributed by atoms with Gasteiger partial charge in [-0.05, 0) is 17.5 Å². The topological polar surface area (TPSA) is 102 Å². The van der Waals surface area contributed by atoms with E-state index in [1.807, 2.05) is 13.8 Å². The van der Waals surface area contributed by atoms with Gasteiger partial charge in [-0.3, -0.25) is 4.79 Å². The lowest BCUT2D eigenvalue weighted by molar-refractivity contribution is 0.0540. The van der Waals surface area contributed by atoms with Gasteiger partial charge in [0.2, 0.25) is 12.1 Å². The van der Waals surface area contributed by atoms with Crippen molar-refractivity contribution >= 4 is 15.9 Å². The summed E-state index contributed by atoms with van der Waals surface area (Å²) in [5.74, 6) is -0.104. The number of aromatic amines is 1. The van der Waals surface area contributed by atoms with Gasteiger partial charge in [0.05, 0.1) is 18.9 Å². The summed E-state index contributed by atoms with van der Waals surface area (Å²) < 4.78 is 39.0. The third-order valence-electron chi connectivity index (χ3n) is 4.93. The Bertz CT molecular complexity index is 1170. The van der Waals surface area contributed by atoms with Crippen molar-refractivity contribution in [2.24, 2.45) is 0 Å². The minimum absolute atomic E-state index is 0.0790. The molecule has 0 aliphatic carbocycles. The van der Waals surface area contributed by atoms with E-state index in [0.717, 1.165) is 4.31 Å². The first-order chi connectivity index (χ1) is 14.3. The number of ether oxygens (including phenoxy) is 2. The van der Waals surface area contributed by atoms with Crippen LogP contribution in [0, 0.1) is 0 Å². The van der Waals surface area contributed by atoms with E-state index in [1.165, 1.54) is 19.4 Å². The van der Waals surface area contributed by atoms with Crippen LogP contribution in [0.25, 0.3) is 0 Å². The summed E-state index contributed by atoms with van der Waals surface area (Å²) in [7, 11) is -2.73. The predicted molar refractivity (Wildman–Crippen MR) is 109 cm³/mol. The minimum atomic E-state index is -4.19. The largest absolute Gasteiger partial charge is 0.497 e. The number of carbonyl (C=O) groups is 1. The first-order valence-electron chi connectivity index (χ1n) is 9.36. The zero-order chi connectivity index (χ0) is 21.5. The lowest BCUT2D eigenvalue weighted by Crippen LogP contribution is -2.37. The van der Waals surface area contributed by atoms with E-state index in [2.05, 4.69) is 10.2 Å². The van der Waals surface area contributed by atoms with Crippen LogP contribution in [0.2, 0.25) is 0 Å². The smallest absolute Gasteiger partial charge is 0.272 e. The van der Waals surface area contributed by atoms with E-state index in [4.69, 9.17) is 9.47 Å². The number of hydrogen-bond acceptors (Lipinski definition) is 6. The van der Waals surface area contributed by atoms with Crippen molar-refractivity contribution in [1.29, 1.82) is 0 Å². The molecule has 1 unspecified atom stereocenters. The average molecular weight is 427 g/mol. The quantitative estimate of drug-likeness (QED) is 0.646. The molecule has 3 aromatic rings. The molecule has 4 rings (SSSR count). The molecule has 1 aliphatic heterocycles. The third-order valence-corrected chi connectivity index (χ3v) is 6.68. The first-order valence-corrected chi connectivity index (χ1v) is 10.8. The van der Waals surface area contributed by atoms with E-state index < -0.39 is 22.2 Å². The summed E-state index contributed by atoms with van der Waals surface area (Å²) in [5.41, 5.74) is 1.27. The van der Waals surface area contributed by atoms with Crippen molar-refractivity contribution in [1.82, 2.24) is 14.5 Å². The summed E-state index contributed by atoms with van der Waals surface area (Å²) in [6.07, 6.45) is 0.274. The number of nitrogens with zero attached hydrogens (tertiary/aromatic N) is 2. The number of amides is 1. The van der Waals surface area contributed by atoms with Crippen LogP contribution >= 0.6 is 0 Å². The molecule has 0 saturated heterocycles. The highest BCUT2D eigenvalue weighted by atomic mass is 32.2. The number of carbonyl (C=O) groups excluding carboxylic acids is 1. The number of methoxy groups -OCH3 is 1. The molecule has 0 saturated carbocycles. The maximum absolute atomic E-state index is 13.5. The molecule has 9 heteroatoms. The molecule has 2 heterocycles. The summed E-state index contributed by atoms with van der Waals surface area (Å²) in [6, 6.07) is 13.4. The van der Waals surface area contributed by atoms with Gasteiger partial charge in [0.25, 0.3) is 15.9 Å². The Morgan fingerprint density at radius 3 is 2.43 bits per heavy atom. The van der Waals surface area contributed by atoms with Crippen molar-refractivity contribution in [3.8, 4) is 11.6 Å². The number of sulfonamides is 1. The molecule has 30 heavy (non-hydrogen) atoms. The molecule has 0 bridgehead atoms. The second-order valence-corrected chi connectivity index (χ2v) is 8.94. The lowest BCUT2D eigenvalue weighted by atomic mass is 9.96. The minimum Gasteiger partial charge on any atom is -0.497 e. The molecule has 0 fully saturated rings. The molecule has 1 N–H and O–H groups in total. The third kappa shape index (κ3) is 3.21. The van der Waals surface area contributed by atoms with Crippen molar-refractivity contribution in [2.75, 3.05) is 7.11 Å². The summed E-state index contributed by atoms with van der Waals surface area (Å²) in [6.45, 7) is 3.79. The van der Waals surface area contributed by atoms with E-state index in [1.54, 1.807) is 42.5 Å². The van der Waals surface area contributed by atoms with Crippen molar-refractivity contribution in [3.05, 3.63) is 71.4 Å². The van der Waals surface area contributed by atoms with Gasteiger partial charge in [0.1, 0.15) is 10.6 Å². The van der Waals surface area contributed by atoms with Crippen molar-refractivity contribution in [2.45, 2.75) is 30.9 Å². The van der Waals surface area contributed by atoms with E-state index >= 15 is 0 Å². The van der Waals surface area contributed by atoms with Gasteiger partial charge in [-0.15, -0.1) is 0 Å². The summed E-state index contributed by atoms with van der Waals surface area (Å²) in [5, 5.41) is 6.48. The van der Waals surface area contributed by atoms with Gasteiger partial charge < -0.3 is 9.47 Å². The zero-order valence-corrected chi connectivity index (χ0v) is 17.5. The predicted octanol–water partition coefficient (Wildman–Crippen LogP) is 3.46. The Labute approximate surface area is 174 Å². The van der Waals surface area contributed by atoms with Gasteiger partial charge in [0, 0.05) is 17.7 Å². The van der Waals surface area contributed by atoms with Gasteiger partial charge in [-0.25, -0.2) is 13.5 Å². The number of aromatic nitrogens is 2. The molecule has 1 amide bonds. The van der Waals surface area contributed by atoms with Crippen molar-refractivity contribution in [3.63, 3.8) is 0 Å². The molecule has 1 atom stereocenters. The number of benzene rings is 2. The molecule has 156 valence electrons. The lowest BCUT2D eigenvalue weighted by Gasteiger charge is -2.26. The van der Waals surface area contributed by atoms with E-state index in [-0.39, 0.29) is 22.3 Å². The highest BCUT2D eigenvalue weighted by Gasteiger charge is 2.48. The van der Waals surface area contributed by atoms with Gasteiger partial charge in [-0.2, -0.15) is 9.40 Å². The second-order valence-electron chi connectivity index (χ2n) is 7.15. The van der Waals surface area contributed by atoms with Crippen LogP contribution in [0.3, 0.4) is 0 Å². The fourth-order valence-corrected chi connectivity index (χ4v) is 5.14. The molecular formula is C21H21N3O5S. The second kappa shape index (κ2) is 7.49. The molecule has 2 aromatic carbocycles. The van der Waals surface area contributed by atoms with E-state index in [0.29, 0.717) is 16.9 Å². The Kier molecular flexibility index (Phi) is 4.98. The highest BCUT2D eigenvalue weighted by Crippen LogP contribution is 2.42. The SMILES string of the molecule is COc1cc(C(C)C)c2c(c1)S(=O)(=O)N(C(Oc1ccn[nH]1)c1ccccc1)C2=O. The molecule has 0 spiro atoms. The Hall–Kier alpha value is -3.33. The van der Waals surface area contributed by atoms with E-state index in [9.17, 15) is 13.2 Å². The fourth-order valence-electron chi connectivity index (χ4n) is 3.47. The molecular weight excluding hydrogens is 406 g/mol. The maximum Gasteiger partial charge on any atom is 0.272 e.